The second-order valence-electron chi connectivity index (χ2n) is 8.77. The smallest absolute Gasteiger partial charge is 0.231 e. The van der Waals surface area contributed by atoms with Gasteiger partial charge in [-0.05, 0) is 65.8 Å². The highest BCUT2D eigenvalue weighted by Crippen LogP contribution is 2.36. The molecule has 3 aliphatic rings. The lowest BCUT2D eigenvalue weighted by atomic mass is 9.80. The van der Waals surface area contributed by atoms with Gasteiger partial charge in [0.05, 0.1) is 5.92 Å². The van der Waals surface area contributed by atoms with Crippen molar-refractivity contribution in [2.75, 3.05) is 20.1 Å². The SMILES string of the molecule is O=C(NCCc1ccc2c(c1)OCO2)C1Cc2ccccc2C=C1Cc1ccc2c(c1)OCO2. The van der Waals surface area contributed by atoms with Gasteiger partial charge in [0.2, 0.25) is 19.5 Å². The first-order chi connectivity index (χ1) is 16.7. The Hall–Kier alpha value is -3.93. The molecule has 3 aromatic carbocycles. The number of ether oxygens (including phenoxy) is 4. The van der Waals surface area contributed by atoms with Gasteiger partial charge >= 0.3 is 0 Å². The maximum absolute atomic E-state index is 13.3. The van der Waals surface area contributed by atoms with E-state index >= 15 is 0 Å². The van der Waals surface area contributed by atoms with Crippen molar-refractivity contribution in [3.05, 3.63) is 88.5 Å². The predicted octanol–water partition coefficient (Wildman–Crippen LogP) is 4.30. The molecule has 3 aromatic rings. The maximum atomic E-state index is 13.3. The predicted molar refractivity (Wildman–Crippen MR) is 127 cm³/mol. The minimum absolute atomic E-state index is 0.0576. The van der Waals surface area contributed by atoms with Crippen LogP contribution in [-0.4, -0.2) is 26.0 Å². The molecule has 0 saturated heterocycles. The zero-order valence-corrected chi connectivity index (χ0v) is 18.7. The van der Waals surface area contributed by atoms with Crippen LogP contribution in [0.4, 0.5) is 0 Å². The Morgan fingerprint density at radius 1 is 0.824 bits per heavy atom. The fourth-order valence-corrected chi connectivity index (χ4v) is 4.78. The van der Waals surface area contributed by atoms with Gasteiger partial charge in [0, 0.05) is 6.54 Å². The van der Waals surface area contributed by atoms with Gasteiger partial charge in [-0.25, -0.2) is 0 Å². The lowest BCUT2D eigenvalue weighted by molar-refractivity contribution is -0.123. The van der Waals surface area contributed by atoms with E-state index in [-0.39, 0.29) is 25.4 Å². The molecule has 1 atom stereocenters. The van der Waals surface area contributed by atoms with Crippen molar-refractivity contribution in [2.24, 2.45) is 5.92 Å². The number of amides is 1. The fraction of sp³-hybridized carbons (Fsp3) is 0.250. The number of rotatable bonds is 6. The summed E-state index contributed by atoms with van der Waals surface area (Å²) in [5.41, 5.74) is 5.70. The van der Waals surface area contributed by atoms with Crippen molar-refractivity contribution in [3.63, 3.8) is 0 Å². The maximum Gasteiger partial charge on any atom is 0.231 e. The normalized spacial score (nSPS) is 17.2. The van der Waals surface area contributed by atoms with E-state index in [1.54, 1.807) is 0 Å². The molecular weight excluding hydrogens is 430 g/mol. The zero-order chi connectivity index (χ0) is 22.9. The van der Waals surface area contributed by atoms with Crippen LogP contribution in [-0.2, 0) is 24.1 Å². The van der Waals surface area contributed by atoms with Crippen LogP contribution in [0.3, 0.4) is 0 Å². The molecule has 6 heteroatoms. The van der Waals surface area contributed by atoms with Gasteiger partial charge in [0.1, 0.15) is 0 Å². The fourth-order valence-electron chi connectivity index (χ4n) is 4.78. The van der Waals surface area contributed by atoms with Gasteiger partial charge in [-0.15, -0.1) is 0 Å². The molecule has 0 fully saturated rings. The van der Waals surface area contributed by atoms with Gasteiger partial charge in [-0.1, -0.05) is 48.0 Å². The topological polar surface area (TPSA) is 66.0 Å². The third-order valence-electron chi connectivity index (χ3n) is 6.58. The molecule has 172 valence electrons. The minimum Gasteiger partial charge on any atom is -0.454 e. The number of carbonyl (C=O) groups is 1. The highest BCUT2D eigenvalue weighted by molar-refractivity contribution is 5.85. The minimum atomic E-state index is -0.211. The molecule has 1 aliphatic carbocycles. The average Bonchev–Trinajstić information content (AvgIpc) is 3.52. The van der Waals surface area contributed by atoms with Crippen LogP contribution in [0.25, 0.3) is 6.08 Å². The van der Waals surface area contributed by atoms with Crippen LogP contribution < -0.4 is 24.3 Å². The van der Waals surface area contributed by atoms with Crippen molar-refractivity contribution >= 4 is 12.0 Å². The molecule has 0 radical (unpaired) electrons. The van der Waals surface area contributed by atoms with E-state index in [0.717, 1.165) is 46.1 Å². The molecule has 0 spiro atoms. The van der Waals surface area contributed by atoms with E-state index in [2.05, 4.69) is 23.5 Å². The second kappa shape index (κ2) is 8.78. The molecule has 0 bridgehead atoms. The third-order valence-corrected chi connectivity index (χ3v) is 6.58. The molecule has 0 aromatic heterocycles. The van der Waals surface area contributed by atoms with Gasteiger partial charge < -0.3 is 24.3 Å². The van der Waals surface area contributed by atoms with Crippen LogP contribution in [0.2, 0.25) is 0 Å². The largest absolute Gasteiger partial charge is 0.454 e. The van der Waals surface area contributed by atoms with Crippen molar-refractivity contribution in [2.45, 2.75) is 19.3 Å². The van der Waals surface area contributed by atoms with Crippen LogP contribution in [0, 0.1) is 5.92 Å². The molecule has 1 unspecified atom stereocenters. The molecule has 0 saturated carbocycles. The monoisotopic (exact) mass is 455 g/mol. The lowest BCUT2D eigenvalue weighted by Gasteiger charge is -2.26. The molecule has 2 heterocycles. The molecule has 6 nitrogen and oxygen atoms in total. The van der Waals surface area contributed by atoms with E-state index in [0.29, 0.717) is 19.4 Å². The Labute approximate surface area is 198 Å². The van der Waals surface area contributed by atoms with Crippen LogP contribution in [0.15, 0.2) is 66.2 Å². The van der Waals surface area contributed by atoms with Crippen LogP contribution in [0.5, 0.6) is 23.0 Å². The molecule has 34 heavy (non-hydrogen) atoms. The number of benzene rings is 3. The van der Waals surface area contributed by atoms with Gasteiger partial charge in [-0.2, -0.15) is 0 Å². The van der Waals surface area contributed by atoms with E-state index in [9.17, 15) is 4.79 Å². The summed E-state index contributed by atoms with van der Waals surface area (Å²) in [4.78, 5) is 13.3. The van der Waals surface area contributed by atoms with E-state index < -0.39 is 0 Å². The average molecular weight is 456 g/mol. The second-order valence-corrected chi connectivity index (χ2v) is 8.77. The van der Waals surface area contributed by atoms with Crippen molar-refractivity contribution < 1.29 is 23.7 Å². The quantitative estimate of drug-likeness (QED) is 0.600. The molecule has 6 rings (SSSR count). The first-order valence-electron chi connectivity index (χ1n) is 11.6. The highest BCUT2D eigenvalue weighted by Gasteiger charge is 2.28. The summed E-state index contributed by atoms with van der Waals surface area (Å²) in [6.07, 6.45) is 4.28. The first-order valence-corrected chi connectivity index (χ1v) is 11.6. The van der Waals surface area contributed by atoms with E-state index in [4.69, 9.17) is 18.9 Å². The summed E-state index contributed by atoms with van der Waals surface area (Å²) in [5, 5.41) is 3.16. The van der Waals surface area contributed by atoms with E-state index in [1.165, 1.54) is 11.1 Å². The van der Waals surface area contributed by atoms with Crippen LogP contribution in [0.1, 0.15) is 22.3 Å². The summed E-state index contributed by atoms with van der Waals surface area (Å²) >= 11 is 0. The van der Waals surface area contributed by atoms with Gasteiger partial charge in [0.15, 0.2) is 23.0 Å². The number of nitrogens with one attached hydrogen (secondary N) is 1. The first kappa shape index (κ1) is 20.7. The van der Waals surface area contributed by atoms with Crippen LogP contribution >= 0.6 is 0 Å². The summed E-state index contributed by atoms with van der Waals surface area (Å²) in [5.74, 6) is 2.91. The number of carbonyl (C=O) groups excluding carboxylic acids is 1. The van der Waals surface area contributed by atoms with Crippen molar-refractivity contribution in [1.29, 1.82) is 0 Å². The highest BCUT2D eigenvalue weighted by atomic mass is 16.7. The lowest BCUT2D eigenvalue weighted by Crippen LogP contribution is -2.36. The Morgan fingerprint density at radius 3 is 2.29 bits per heavy atom. The Balaban J connectivity index is 1.17. The molecular formula is C28H25NO5. The molecule has 1 N–H and O–H groups in total. The Morgan fingerprint density at radius 2 is 1.50 bits per heavy atom. The molecule has 1 amide bonds. The summed E-state index contributed by atoms with van der Waals surface area (Å²) in [6, 6.07) is 20.2. The van der Waals surface area contributed by atoms with Gasteiger partial charge in [0.25, 0.3) is 0 Å². The van der Waals surface area contributed by atoms with Crippen molar-refractivity contribution in [1.82, 2.24) is 5.32 Å². The standard InChI is InChI=1S/C28H25NO5/c30-28(29-10-9-18-5-7-24-26(12-18)33-16-31-24)23-15-21-4-2-1-3-20(21)14-22(23)11-19-6-8-25-27(13-19)34-17-32-25/h1-8,12-14,23H,9-11,15-17H2,(H,29,30). The summed E-state index contributed by atoms with van der Waals surface area (Å²) in [7, 11) is 0. The third kappa shape index (κ3) is 4.07. The Kier molecular flexibility index (Phi) is 5.34. The summed E-state index contributed by atoms with van der Waals surface area (Å²) in [6.45, 7) is 1.08. The number of hydrogen-bond donors (Lipinski definition) is 1. The van der Waals surface area contributed by atoms with Gasteiger partial charge in [-0.3, -0.25) is 4.79 Å². The number of fused-ring (bicyclic) bond motifs is 3. The molecule has 2 aliphatic heterocycles. The summed E-state index contributed by atoms with van der Waals surface area (Å²) < 4.78 is 21.8. The Bertz CT molecular complexity index is 1280. The van der Waals surface area contributed by atoms with E-state index in [1.807, 2.05) is 48.5 Å². The number of hydrogen-bond acceptors (Lipinski definition) is 5. The zero-order valence-electron chi connectivity index (χ0n) is 18.7. The van der Waals surface area contributed by atoms with Crippen molar-refractivity contribution in [3.8, 4) is 23.0 Å².